The maximum absolute atomic E-state index is 11.8. The van der Waals surface area contributed by atoms with Crippen molar-refractivity contribution in [3.63, 3.8) is 0 Å². The van der Waals surface area contributed by atoms with Gasteiger partial charge in [-0.3, -0.25) is 4.79 Å². The average molecular weight is 261 g/mol. The van der Waals surface area contributed by atoms with Crippen LogP contribution in [0.2, 0.25) is 5.02 Å². The van der Waals surface area contributed by atoms with Crippen molar-refractivity contribution in [2.24, 2.45) is 0 Å². The highest BCUT2D eigenvalue weighted by molar-refractivity contribution is 6.33. The molecule has 2 rings (SSSR count). The van der Waals surface area contributed by atoms with E-state index in [-0.39, 0.29) is 5.91 Å². The summed E-state index contributed by atoms with van der Waals surface area (Å²) in [5, 5.41) is 3.13. The number of nitrogens with one attached hydrogen (secondary N) is 1. The molecule has 0 fully saturated rings. The van der Waals surface area contributed by atoms with Gasteiger partial charge in [0.15, 0.2) is 5.82 Å². The van der Waals surface area contributed by atoms with Crippen LogP contribution < -0.4 is 5.32 Å². The van der Waals surface area contributed by atoms with Gasteiger partial charge in [-0.05, 0) is 24.6 Å². The SMILES string of the molecule is Cc1ccc(CC(=O)Nc2ncccc2Cl)cc1. The maximum Gasteiger partial charge on any atom is 0.229 e. The van der Waals surface area contributed by atoms with E-state index in [1.54, 1.807) is 18.3 Å². The number of carbonyl (C=O) groups excluding carboxylic acids is 1. The first-order valence-electron chi connectivity index (χ1n) is 5.61. The lowest BCUT2D eigenvalue weighted by Crippen LogP contribution is -2.15. The Labute approximate surface area is 111 Å². The van der Waals surface area contributed by atoms with Crippen LogP contribution in [-0.2, 0) is 11.2 Å². The molecule has 0 saturated carbocycles. The van der Waals surface area contributed by atoms with Gasteiger partial charge in [-0.1, -0.05) is 41.4 Å². The summed E-state index contributed by atoms with van der Waals surface area (Å²) < 4.78 is 0. The van der Waals surface area contributed by atoms with Gasteiger partial charge in [0.2, 0.25) is 5.91 Å². The highest BCUT2D eigenvalue weighted by Crippen LogP contribution is 2.17. The third-order valence-electron chi connectivity index (χ3n) is 2.50. The first-order chi connectivity index (χ1) is 8.65. The number of pyridine rings is 1. The maximum atomic E-state index is 11.8. The molecule has 2 aromatic rings. The van der Waals surface area contributed by atoms with Crippen molar-refractivity contribution in [3.8, 4) is 0 Å². The van der Waals surface area contributed by atoms with Crippen LogP contribution in [0.4, 0.5) is 5.82 Å². The minimum atomic E-state index is -0.126. The van der Waals surface area contributed by atoms with E-state index in [4.69, 9.17) is 11.6 Å². The first-order valence-corrected chi connectivity index (χ1v) is 5.99. The number of hydrogen-bond donors (Lipinski definition) is 1. The van der Waals surface area contributed by atoms with E-state index in [1.165, 1.54) is 5.56 Å². The van der Waals surface area contributed by atoms with E-state index in [1.807, 2.05) is 31.2 Å². The van der Waals surface area contributed by atoms with Crippen LogP contribution in [0.1, 0.15) is 11.1 Å². The van der Waals surface area contributed by atoms with E-state index in [2.05, 4.69) is 10.3 Å². The number of aromatic nitrogens is 1. The van der Waals surface area contributed by atoms with Gasteiger partial charge in [0.25, 0.3) is 0 Å². The van der Waals surface area contributed by atoms with E-state index in [0.717, 1.165) is 5.56 Å². The van der Waals surface area contributed by atoms with Crippen LogP contribution in [0.25, 0.3) is 0 Å². The molecular formula is C14H13ClN2O. The lowest BCUT2D eigenvalue weighted by Gasteiger charge is -2.06. The minimum absolute atomic E-state index is 0.126. The van der Waals surface area contributed by atoms with Crippen molar-refractivity contribution in [1.82, 2.24) is 4.98 Å². The number of halogens is 1. The average Bonchev–Trinajstić information content (AvgIpc) is 2.35. The number of rotatable bonds is 3. The fourth-order valence-corrected chi connectivity index (χ4v) is 1.71. The van der Waals surface area contributed by atoms with Crippen LogP contribution in [0.5, 0.6) is 0 Å². The number of carbonyl (C=O) groups is 1. The van der Waals surface area contributed by atoms with Crippen molar-refractivity contribution in [3.05, 3.63) is 58.7 Å². The molecule has 0 aliphatic rings. The van der Waals surface area contributed by atoms with E-state index < -0.39 is 0 Å². The third kappa shape index (κ3) is 3.31. The predicted molar refractivity (Wildman–Crippen MR) is 72.8 cm³/mol. The number of amides is 1. The van der Waals surface area contributed by atoms with Gasteiger partial charge >= 0.3 is 0 Å². The van der Waals surface area contributed by atoms with E-state index in [0.29, 0.717) is 17.3 Å². The van der Waals surface area contributed by atoms with Crippen molar-refractivity contribution in [1.29, 1.82) is 0 Å². The Morgan fingerprint density at radius 1 is 1.28 bits per heavy atom. The summed E-state index contributed by atoms with van der Waals surface area (Å²) in [6.45, 7) is 2.01. The van der Waals surface area contributed by atoms with Gasteiger partial charge in [0.05, 0.1) is 11.4 Å². The van der Waals surface area contributed by atoms with Crippen molar-refractivity contribution < 1.29 is 4.79 Å². The van der Waals surface area contributed by atoms with Crippen molar-refractivity contribution in [2.75, 3.05) is 5.32 Å². The van der Waals surface area contributed by atoms with Gasteiger partial charge in [0, 0.05) is 6.20 Å². The smallest absolute Gasteiger partial charge is 0.229 e. The summed E-state index contributed by atoms with van der Waals surface area (Å²) in [7, 11) is 0. The molecule has 0 atom stereocenters. The molecule has 0 radical (unpaired) electrons. The second kappa shape index (κ2) is 5.65. The summed E-state index contributed by atoms with van der Waals surface area (Å²) >= 11 is 5.91. The Balaban J connectivity index is 2.01. The highest BCUT2D eigenvalue weighted by atomic mass is 35.5. The fraction of sp³-hybridized carbons (Fsp3) is 0.143. The fourth-order valence-electron chi connectivity index (χ4n) is 1.55. The van der Waals surface area contributed by atoms with Gasteiger partial charge in [0.1, 0.15) is 0 Å². The van der Waals surface area contributed by atoms with Crippen molar-refractivity contribution in [2.45, 2.75) is 13.3 Å². The molecular weight excluding hydrogens is 248 g/mol. The van der Waals surface area contributed by atoms with E-state index >= 15 is 0 Å². The second-order valence-electron chi connectivity index (χ2n) is 4.04. The minimum Gasteiger partial charge on any atom is -0.309 e. The molecule has 4 heteroatoms. The van der Waals surface area contributed by atoms with Crippen LogP contribution >= 0.6 is 11.6 Å². The summed E-state index contributed by atoms with van der Waals surface area (Å²) in [6.07, 6.45) is 1.90. The lowest BCUT2D eigenvalue weighted by molar-refractivity contribution is -0.115. The Morgan fingerprint density at radius 3 is 2.67 bits per heavy atom. The van der Waals surface area contributed by atoms with Gasteiger partial charge in [-0.25, -0.2) is 4.98 Å². The number of benzene rings is 1. The molecule has 1 amide bonds. The molecule has 0 unspecified atom stereocenters. The van der Waals surface area contributed by atoms with Crippen LogP contribution in [-0.4, -0.2) is 10.9 Å². The first kappa shape index (κ1) is 12.6. The largest absolute Gasteiger partial charge is 0.309 e. The summed E-state index contributed by atoms with van der Waals surface area (Å²) in [6, 6.07) is 11.3. The van der Waals surface area contributed by atoms with Crippen LogP contribution in [0.3, 0.4) is 0 Å². The Kier molecular flexibility index (Phi) is 3.95. The molecule has 1 heterocycles. The summed E-state index contributed by atoms with van der Waals surface area (Å²) in [4.78, 5) is 15.8. The number of nitrogens with zero attached hydrogens (tertiary/aromatic N) is 1. The zero-order valence-corrected chi connectivity index (χ0v) is 10.7. The zero-order chi connectivity index (χ0) is 13.0. The molecule has 1 aromatic heterocycles. The van der Waals surface area contributed by atoms with Crippen LogP contribution in [0.15, 0.2) is 42.6 Å². The highest BCUT2D eigenvalue weighted by Gasteiger charge is 2.07. The zero-order valence-electron chi connectivity index (χ0n) is 9.98. The summed E-state index contributed by atoms with van der Waals surface area (Å²) in [5.41, 5.74) is 2.14. The van der Waals surface area contributed by atoms with E-state index in [9.17, 15) is 4.79 Å². The standard InChI is InChI=1S/C14H13ClN2O/c1-10-4-6-11(7-5-10)9-13(18)17-14-12(15)3-2-8-16-14/h2-8H,9H2,1H3,(H,16,17,18). The molecule has 0 aliphatic heterocycles. The molecule has 92 valence electrons. The second-order valence-corrected chi connectivity index (χ2v) is 4.45. The van der Waals surface area contributed by atoms with Crippen molar-refractivity contribution >= 4 is 23.3 Å². The van der Waals surface area contributed by atoms with Crippen LogP contribution in [0, 0.1) is 6.92 Å². The molecule has 0 spiro atoms. The molecule has 18 heavy (non-hydrogen) atoms. The van der Waals surface area contributed by atoms with Gasteiger partial charge < -0.3 is 5.32 Å². The molecule has 0 saturated heterocycles. The third-order valence-corrected chi connectivity index (χ3v) is 2.81. The molecule has 1 N–H and O–H groups in total. The number of aryl methyl sites for hydroxylation is 1. The molecule has 1 aromatic carbocycles. The molecule has 0 bridgehead atoms. The predicted octanol–water partition coefficient (Wildman–Crippen LogP) is 3.22. The normalized spacial score (nSPS) is 10.1. The Hall–Kier alpha value is -1.87. The van der Waals surface area contributed by atoms with Gasteiger partial charge in [-0.15, -0.1) is 0 Å². The number of anilines is 1. The quantitative estimate of drug-likeness (QED) is 0.921. The summed E-state index contributed by atoms with van der Waals surface area (Å²) in [5.74, 6) is 0.274. The molecule has 0 aliphatic carbocycles. The Morgan fingerprint density at radius 2 is 2.00 bits per heavy atom. The lowest BCUT2D eigenvalue weighted by atomic mass is 10.1. The Bertz CT molecular complexity index is 552. The monoisotopic (exact) mass is 260 g/mol. The number of hydrogen-bond acceptors (Lipinski definition) is 2. The topological polar surface area (TPSA) is 42.0 Å². The van der Waals surface area contributed by atoms with Gasteiger partial charge in [-0.2, -0.15) is 0 Å². The molecule has 3 nitrogen and oxygen atoms in total.